The highest BCUT2D eigenvalue weighted by atomic mass is 16.2. The summed E-state index contributed by atoms with van der Waals surface area (Å²) >= 11 is 0. The number of amides is 1. The highest BCUT2D eigenvalue weighted by Crippen LogP contribution is 2.32. The van der Waals surface area contributed by atoms with E-state index in [0.29, 0.717) is 24.4 Å². The van der Waals surface area contributed by atoms with Gasteiger partial charge in [0.05, 0.1) is 22.8 Å². The Balaban J connectivity index is 1.60. The van der Waals surface area contributed by atoms with Crippen molar-refractivity contribution in [2.45, 2.75) is 65.0 Å². The lowest BCUT2D eigenvalue weighted by Crippen LogP contribution is -2.32. The van der Waals surface area contributed by atoms with Crippen molar-refractivity contribution >= 4 is 22.6 Å². The number of aryl methyl sites for hydroxylation is 1. The molecule has 0 bridgehead atoms. The number of nitrogens with one attached hydrogen (secondary N) is 1. The van der Waals surface area contributed by atoms with Crippen LogP contribution in [-0.4, -0.2) is 50.2 Å². The van der Waals surface area contributed by atoms with Crippen LogP contribution in [0.5, 0.6) is 0 Å². The first-order valence-corrected chi connectivity index (χ1v) is 11.8. The molecule has 170 valence electrons. The maximum Gasteiger partial charge on any atom is 0.257 e. The van der Waals surface area contributed by atoms with Crippen LogP contribution in [0.1, 0.15) is 62.0 Å². The van der Waals surface area contributed by atoms with Crippen LogP contribution in [0.15, 0.2) is 36.8 Å². The fraction of sp³-hybridized carbons (Fsp3) is 0.520. The largest absolute Gasteiger partial charge is 0.381 e. The number of carbonyl (C=O) groups is 1. The van der Waals surface area contributed by atoms with Gasteiger partial charge in [-0.05, 0) is 44.7 Å². The maximum absolute atomic E-state index is 13.5. The molecule has 32 heavy (non-hydrogen) atoms. The van der Waals surface area contributed by atoms with Gasteiger partial charge in [-0.2, -0.15) is 5.10 Å². The summed E-state index contributed by atoms with van der Waals surface area (Å²) in [5.41, 5.74) is 3.27. The molecule has 0 saturated heterocycles. The summed E-state index contributed by atoms with van der Waals surface area (Å²) in [6, 6.07) is 6.16. The highest BCUT2D eigenvalue weighted by molar-refractivity contribution is 6.06. The zero-order valence-corrected chi connectivity index (χ0v) is 19.4. The van der Waals surface area contributed by atoms with E-state index < -0.39 is 0 Å². The Morgan fingerprint density at radius 3 is 2.75 bits per heavy atom. The number of likely N-dealkylation sites (N-methyl/N-ethyl adjacent to an activating group) is 1. The standard InChI is InChI=1S/C25H34N6O/c1-4-31-24-21(17-28-31)23(29-18(2)19-10-6-5-7-11-19)22(16-27-24)25(32)30(3)15-13-20-12-8-9-14-26-20/h8-9,12,14,16-19H,4-7,10-11,13,15H2,1-3H3,(H,27,29)/t18-/m1/s1. The summed E-state index contributed by atoms with van der Waals surface area (Å²) in [4.78, 5) is 24.2. The van der Waals surface area contributed by atoms with Gasteiger partial charge in [-0.1, -0.05) is 25.3 Å². The number of nitrogens with zero attached hydrogens (tertiary/aromatic N) is 5. The third-order valence-corrected chi connectivity index (χ3v) is 6.70. The minimum absolute atomic E-state index is 0.0297. The van der Waals surface area contributed by atoms with Crippen LogP contribution >= 0.6 is 0 Å². The second-order valence-corrected chi connectivity index (χ2v) is 8.87. The topological polar surface area (TPSA) is 75.9 Å². The first-order chi connectivity index (χ1) is 15.6. The van der Waals surface area contributed by atoms with Crippen molar-refractivity contribution in [2.24, 2.45) is 5.92 Å². The molecule has 3 aromatic rings. The Morgan fingerprint density at radius 1 is 1.22 bits per heavy atom. The van der Waals surface area contributed by atoms with Crippen LogP contribution in [0.25, 0.3) is 11.0 Å². The van der Waals surface area contributed by atoms with Crippen molar-refractivity contribution in [1.29, 1.82) is 0 Å². The summed E-state index contributed by atoms with van der Waals surface area (Å²) in [7, 11) is 1.85. The Morgan fingerprint density at radius 2 is 2.03 bits per heavy atom. The molecule has 7 heteroatoms. The Labute approximate surface area is 190 Å². The molecule has 1 aliphatic carbocycles. The maximum atomic E-state index is 13.5. The van der Waals surface area contributed by atoms with Gasteiger partial charge in [-0.25, -0.2) is 9.67 Å². The minimum Gasteiger partial charge on any atom is -0.381 e. The predicted octanol–water partition coefficient (Wildman–Crippen LogP) is 4.54. The molecule has 0 radical (unpaired) electrons. The van der Waals surface area contributed by atoms with E-state index in [9.17, 15) is 4.79 Å². The smallest absolute Gasteiger partial charge is 0.257 e. The third kappa shape index (κ3) is 4.76. The van der Waals surface area contributed by atoms with Crippen molar-refractivity contribution in [3.05, 3.63) is 48.0 Å². The lowest BCUT2D eigenvalue weighted by Gasteiger charge is -2.30. The molecule has 1 atom stereocenters. The van der Waals surface area contributed by atoms with Crippen LogP contribution in [-0.2, 0) is 13.0 Å². The second kappa shape index (κ2) is 10.1. The van der Waals surface area contributed by atoms with Gasteiger partial charge in [-0.3, -0.25) is 9.78 Å². The van der Waals surface area contributed by atoms with Gasteiger partial charge in [0, 0.05) is 50.7 Å². The van der Waals surface area contributed by atoms with E-state index >= 15 is 0 Å². The number of hydrogen-bond donors (Lipinski definition) is 1. The molecule has 1 N–H and O–H groups in total. The first-order valence-electron chi connectivity index (χ1n) is 11.8. The van der Waals surface area contributed by atoms with Gasteiger partial charge in [-0.15, -0.1) is 0 Å². The first kappa shape index (κ1) is 22.2. The van der Waals surface area contributed by atoms with E-state index in [1.165, 1.54) is 32.1 Å². The molecule has 0 aromatic carbocycles. The third-order valence-electron chi connectivity index (χ3n) is 6.70. The molecule has 0 unspecified atom stereocenters. The molecule has 1 aliphatic rings. The van der Waals surface area contributed by atoms with Crippen molar-refractivity contribution in [3.8, 4) is 0 Å². The van der Waals surface area contributed by atoms with Gasteiger partial charge >= 0.3 is 0 Å². The normalized spacial score (nSPS) is 15.6. The summed E-state index contributed by atoms with van der Waals surface area (Å²) < 4.78 is 1.88. The van der Waals surface area contributed by atoms with Crippen molar-refractivity contribution < 1.29 is 4.79 Å². The number of aromatic nitrogens is 4. The van der Waals surface area contributed by atoms with E-state index in [-0.39, 0.29) is 11.9 Å². The van der Waals surface area contributed by atoms with E-state index in [4.69, 9.17) is 0 Å². The van der Waals surface area contributed by atoms with E-state index in [0.717, 1.165) is 29.0 Å². The molecule has 3 aromatic heterocycles. The number of carbonyl (C=O) groups excluding carboxylic acids is 1. The second-order valence-electron chi connectivity index (χ2n) is 8.87. The molecule has 0 aliphatic heterocycles. The summed E-state index contributed by atoms with van der Waals surface area (Å²) in [6.45, 7) is 5.63. The van der Waals surface area contributed by atoms with Crippen LogP contribution < -0.4 is 5.32 Å². The molecular formula is C25H34N6O. The molecule has 0 spiro atoms. The number of fused-ring (bicyclic) bond motifs is 1. The minimum atomic E-state index is -0.0297. The molecule has 1 amide bonds. The molecule has 1 fully saturated rings. The van der Waals surface area contributed by atoms with Crippen LogP contribution in [0.4, 0.5) is 5.69 Å². The van der Waals surface area contributed by atoms with E-state index in [2.05, 4.69) is 34.2 Å². The SMILES string of the molecule is CCn1ncc2c(N[C@H](C)C3CCCCC3)c(C(=O)N(C)CCc3ccccn3)cnc21. The molecule has 1 saturated carbocycles. The van der Waals surface area contributed by atoms with Crippen molar-refractivity contribution in [2.75, 3.05) is 18.9 Å². The summed E-state index contributed by atoms with van der Waals surface area (Å²) in [5, 5.41) is 9.13. The fourth-order valence-electron chi connectivity index (χ4n) is 4.69. The lowest BCUT2D eigenvalue weighted by molar-refractivity contribution is 0.0797. The van der Waals surface area contributed by atoms with Gasteiger partial charge in [0.15, 0.2) is 5.65 Å². The average molecular weight is 435 g/mol. The van der Waals surface area contributed by atoms with Crippen molar-refractivity contribution in [3.63, 3.8) is 0 Å². The summed E-state index contributed by atoms with van der Waals surface area (Å²) in [6.07, 6.45) is 12.4. The number of anilines is 1. The lowest BCUT2D eigenvalue weighted by atomic mass is 9.84. The van der Waals surface area contributed by atoms with Gasteiger partial charge in [0.2, 0.25) is 0 Å². The van der Waals surface area contributed by atoms with E-state index in [1.807, 2.05) is 36.1 Å². The summed E-state index contributed by atoms with van der Waals surface area (Å²) in [5.74, 6) is 0.593. The highest BCUT2D eigenvalue weighted by Gasteiger charge is 2.25. The molecular weight excluding hydrogens is 400 g/mol. The zero-order chi connectivity index (χ0) is 22.5. The number of hydrogen-bond acceptors (Lipinski definition) is 5. The molecule has 3 heterocycles. The van der Waals surface area contributed by atoms with Gasteiger partial charge in [0.1, 0.15) is 0 Å². The van der Waals surface area contributed by atoms with Crippen LogP contribution in [0.3, 0.4) is 0 Å². The fourth-order valence-corrected chi connectivity index (χ4v) is 4.69. The zero-order valence-electron chi connectivity index (χ0n) is 19.4. The quantitative estimate of drug-likeness (QED) is 0.563. The monoisotopic (exact) mass is 434 g/mol. The van der Waals surface area contributed by atoms with Crippen LogP contribution in [0, 0.1) is 5.92 Å². The molecule has 7 nitrogen and oxygen atoms in total. The Bertz CT molecular complexity index is 1040. The Kier molecular flexibility index (Phi) is 7.02. The molecule has 4 rings (SSSR count). The average Bonchev–Trinajstić information content (AvgIpc) is 3.27. The van der Waals surface area contributed by atoms with Gasteiger partial charge < -0.3 is 10.2 Å². The van der Waals surface area contributed by atoms with Crippen molar-refractivity contribution in [1.82, 2.24) is 24.6 Å². The number of rotatable bonds is 8. The van der Waals surface area contributed by atoms with Crippen LogP contribution in [0.2, 0.25) is 0 Å². The number of pyridine rings is 2. The van der Waals surface area contributed by atoms with Gasteiger partial charge in [0.25, 0.3) is 5.91 Å². The van der Waals surface area contributed by atoms with E-state index in [1.54, 1.807) is 17.3 Å². The predicted molar refractivity (Wildman–Crippen MR) is 128 cm³/mol. The Hall–Kier alpha value is -2.96.